The molecule has 1 saturated carbocycles. The van der Waals surface area contributed by atoms with Crippen LogP contribution in [0, 0.1) is 5.92 Å². The second-order valence-electron chi connectivity index (χ2n) is 6.76. The summed E-state index contributed by atoms with van der Waals surface area (Å²) in [5.74, 6) is 1.91. The van der Waals surface area contributed by atoms with Crippen molar-refractivity contribution in [3.63, 3.8) is 0 Å². The maximum Gasteiger partial charge on any atom is 0.171 e. The molecule has 1 aliphatic carbocycles. The van der Waals surface area contributed by atoms with Crippen molar-refractivity contribution in [2.45, 2.75) is 31.7 Å². The van der Waals surface area contributed by atoms with Gasteiger partial charge in [0, 0.05) is 44.6 Å². The Morgan fingerprint density at radius 1 is 1.35 bits per heavy atom. The molecule has 26 heavy (non-hydrogen) atoms. The van der Waals surface area contributed by atoms with E-state index in [2.05, 4.69) is 43.5 Å². The fourth-order valence-corrected chi connectivity index (χ4v) is 4.15. The first-order valence-corrected chi connectivity index (χ1v) is 9.71. The number of pyridine rings is 1. The highest BCUT2D eigenvalue weighted by Crippen LogP contribution is 2.40. The Labute approximate surface area is 161 Å². The molecule has 0 spiro atoms. The lowest BCUT2D eigenvalue weighted by atomic mass is 9.93. The van der Waals surface area contributed by atoms with Crippen LogP contribution in [0.1, 0.15) is 36.4 Å². The maximum atomic E-state index is 5.43. The maximum absolute atomic E-state index is 5.43. The number of nitrogens with one attached hydrogen (secondary N) is 1. The Hall–Kier alpha value is -1.99. The summed E-state index contributed by atoms with van der Waals surface area (Å²) in [5.41, 5.74) is 3.09. The Bertz CT molecular complexity index is 882. The Morgan fingerprint density at radius 3 is 3.08 bits per heavy atom. The van der Waals surface area contributed by atoms with Crippen LogP contribution in [0.4, 0.5) is 5.82 Å². The van der Waals surface area contributed by atoms with Crippen molar-refractivity contribution in [2.24, 2.45) is 5.92 Å². The lowest BCUT2D eigenvalue weighted by Crippen LogP contribution is -2.15. The Balaban J connectivity index is 1.67. The summed E-state index contributed by atoms with van der Waals surface area (Å²) in [5, 5.41) is 7.95. The summed E-state index contributed by atoms with van der Waals surface area (Å²) in [4.78, 5) is 9.09. The molecule has 136 valence electrons. The summed E-state index contributed by atoms with van der Waals surface area (Å²) < 4.78 is 8.19. The van der Waals surface area contributed by atoms with Crippen molar-refractivity contribution in [3.05, 3.63) is 52.5 Å². The van der Waals surface area contributed by atoms with Gasteiger partial charge in [0.1, 0.15) is 5.82 Å². The number of ether oxygens (including phenoxy) is 1. The fourth-order valence-electron chi connectivity index (χ4n) is 3.81. The number of nitrogens with zero attached hydrogens (tertiary/aromatic N) is 4. The number of hydrogen-bond acceptors (Lipinski definition) is 5. The summed E-state index contributed by atoms with van der Waals surface area (Å²) >= 11 is 3.58. The lowest BCUT2D eigenvalue weighted by Gasteiger charge is -2.20. The van der Waals surface area contributed by atoms with Crippen LogP contribution in [0.2, 0.25) is 0 Å². The Morgan fingerprint density at radius 2 is 2.27 bits per heavy atom. The monoisotopic (exact) mass is 415 g/mol. The van der Waals surface area contributed by atoms with Gasteiger partial charge in [-0.15, -0.1) is 0 Å². The summed E-state index contributed by atoms with van der Waals surface area (Å²) in [7, 11) is 1.78. The van der Waals surface area contributed by atoms with Gasteiger partial charge in [-0.2, -0.15) is 9.61 Å². The predicted molar refractivity (Wildman–Crippen MR) is 104 cm³/mol. The minimum absolute atomic E-state index is 0.431. The van der Waals surface area contributed by atoms with E-state index in [4.69, 9.17) is 9.72 Å². The third-order valence-corrected chi connectivity index (χ3v) is 5.62. The molecule has 0 saturated heterocycles. The number of anilines is 1. The zero-order valence-corrected chi connectivity index (χ0v) is 16.3. The van der Waals surface area contributed by atoms with Crippen molar-refractivity contribution in [3.8, 4) is 0 Å². The second kappa shape index (κ2) is 7.72. The van der Waals surface area contributed by atoms with Crippen LogP contribution >= 0.6 is 15.9 Å². The van der Waals surface area contributed by atoms with Crippen LogP contribution in [0.25, 0.3) is 5.65 Å². The smallest absolute Gasteiger partial charge is 0.171 e. The average molecular weight is 416 g/mol. The van der Waals surface area contributed by atoms with Gasteiger partial charge in [-0.25, -0.2) is 4.98 Å². The first-order valence-electron chi connectivity index (χ1n) is 8.92. The van der Waals surface area contributed by atoms with Crippen LogP contribution in [-0.4, -0.2) is 33.3 Å². The van der Waals surface area contributed by atoms with Crippen molar-refractivity contribution in [2.75, 3.05) is 19.0 Å². The molecule has 3 aromatic rings. The summed E-state index contributed by atoms with van der Waals surface area (Å²) in [6, 6.07) is 6.15. The van der Waals surface area contributed by atoms with E-state index in [0.29, 0.717) is 18.4 Å². The Kier molecular flexibility index (Phi) is 5.17. The van der Waals surface area contributed by atoms with Gasteiger partial charge < -0.3 is 10.1 Å². The molecule has 3 aromatic heterocycles. The topological polar surface area (TPSA) is 64.3 Å². The van der Waals surface area contributed by atoms with Crippen molar-refractivity contribution < 1.29 is 4.74 Å². The van der Waals surface area contributed by atoms with Gasteiger partial charge in [0.25, 0.3) is 0 Å². The molecular formula is C19H22BrN5O. The van der Waals surface area contributed by atoms with Crippen LogP contribution in [-0.2, 0) is 11.3 Å². The van der Waals surface area contributed by atoms with Gasteiger partial charge in [0.2, 0.25) is 0 Å². The SMILES string of the molecule is COC[C@H]1CCCC1c1cc(NCc2cccnc2)n2ncc(Br)c2n1. The van der Waals surface area contributed by atoms with Crippen molar-refractivity contribution >= 4 is 27.4 Å². The van der Waals surface area contributed by atoms with E-state index >= 15 is 0 Å². The average Bonchev–Trinajstić information content (AvgIpc) is 3.28. The molecule has 4 rings (SSSR count). The number of rotatable bonds is 6. The number of methoxy groups -OCH3 is 1. The highest BCUT2D eigenvalue weighted by molar-refractivity contribution is 9.10. The number of fused-ring (bicyclic) bond motifs is 1. The van der Waals surface area contributed by atoms with Gasteiger partial charge in [-0.1, -0.05) is 12.5 Å². The van der Waals surface area contributed by atoms with E-state index in [0.717, 1.165) is 40.2 Å². The highest BCUT2D eigenvalue weighted by atomic mass is 79.9. The first kappa shape index (κ1) is 17.4. The molecule has 3 heterocycles. The molecule has 0 aromatic carbocycles. The van der Waals surface area contributed by atoms with Gasteiger partial charge in [0.05, 0.1) is 16.4 Å². The number of hydrogen-bond donors (Lipinski definition) is 1. The van der Waals surface area contributed by atoms with Crippen LogP contribution < -0.4 is 5.32 Å². The fraction of sp³-hybridized carbons (Fsp3) is 0.421. The minimum Gasteiger partial charge on any atom is -0.384 e. The van der Waals surface area contributed by atoms with Gasteiger partial charge in [0.15, 0.2) is 5.65 Å². The lowest BCUT2D eigenvalue weighted by molar-refractivity contribution is 0.146. The van der Waals surface area contributed by atoms with E-state index in [1.165, 1.54) is 12.8 Å². The summed E-state index contributed by atoms with van der Waals surface area (Å²) in [6.07, 6.45) is 9.03. The quantitative estimate of drug-likeness (QED) is 0.658. The summed E-state index contributed by atoms with van der Waals surface area (Å²) in [6.45, 7) is 1.48. The molecule has 1 N–H and O–H groups in total. The van der Waals surface area contributed by atoms with Crippen molar-refractivity contribution in [1.29, 1.82) is 0 Å². The molecule has 2 atom stereocenters. The van der Waals surface area contributed by atoms with E-state index in [-0.39, 0.29) is 0 Å². The number of halogens is 1. The third-order valence-electron chi connectivity index (χ3n) is 5.06. The second-order valence-corrected chi connectivity index (χ2v) is 7.62. The number of aromatic nitrogens is 4. The minimum atomic E-state index is 0.431. The zero-order chi connectivity index (χ0) is 17.9. The predicted octanol–water partition coefficient (Wildman–Crippen LogP) is 4.03. The molecular weight excluding hydrogens is 394 g/mol. The van der Waals surface area contributed by atoms with Crippen LogP contribution in [0.15, 0.2) is 41.3 Å². The molecule has 1 fully saturated rings. The third kappa shape index (κ3) is 3.46. The molecule has 0 bridgehead atoms. The molecule has 7 heteroatoms. The van der Waals surface area contributed by atoms with Crippen molar-refractivity contribution in [1.82, 2.24) is 19.6 Å². The molecule has 0 radical (unpaired) electrons. The van der Waals surface area contributed by atoms with Crippen LogP contribution in [0.3, 0.4) is 0 Å². The molecule has 6 nitrogen and oxygen atoms in total. The van der Waals surface area contributed by atoms with Gasteiger partial charge in [-0.3, -0.25) is 4.98 Å². The van der Waals surface area contributed by atoms with E-state index in [9.17, 15) is 0 Å². The zero-order valence-electron chi connectivity index (χ0n) is 14.7. The molecule has 0 amide bonds. The normalized spacial score (nSPS) is 19.9. The first-order chi connectivity index (χ1) is 12.8. The molecule has 1 aliphatic rings. The largest absolute Gasteiger partial charge is 0.384 e. The van der Waals surface area contributed by atoms with E-state index in [1.54, 1.807) is 19.5 Å². The van der Waals surface area contributed by atoms with Gasteiger partial charge in [-0.05, 0) is 46.3 Å². The van der Waals surface area contributed by atoms with E-state index in [1.807, 2.05) is 16.8 Å². The van der Waals surface area contributed by atoms with E-state index < -0.39 is 0 Å². The van der Waals surface area contributed by atoms with Gasteiger partial charge >= 0.3 is 0 Å². The standard InChI is InChI=1S/C19H22BrN5O/c1-26-12-14-5-2-6-15(14)17-8-18(22-10-13-4-3-7-21-9-13)25-19(24-17)16(20)11-23-25/h3-4,7-9,11,14-15,22H,2,5-6,10,12H2,1H3/t14-,15?/m1/s1. The highest BCUT2D eigenvalue weighted by Gasteiger charge is 2.30. The molecule has 1 unspecified atom stereocenters. The van der Waals surface area contributed by atoms with Crippen LogP contribution in [0.5, 0.6) is 0 Å². The molecule has 0 aliphatic heterocycles.